The van der Waals surface area contributed by atoms with Gasteiger partial charge in [0.2, 0.25) is 5.91 Å². The average molecular weight is 327 g/mol. The highest BCUT2D eigenvalue weighted by molar-refractivity contribution is 5.91. The third-order valence-electron chi connectivity index (χ3n) is 5.10. The van der Waals surface area contributed by atoms with Crippen molar-refractivity contribution in [3.05, 3.63) is 35.4 Å². The van der Waals surface area contributed by atoms with Crippen molar-refractivity contribution in [1.29, 1.82) is 0 Å². The molecule has 2 unspecified atom stereocenters. The zero-order valence-electron chi connectivity index (χ0n) is 12.9. The molecule has 1 aromatic carbocycles. The number of aliphatic hydroxyl groups excluding tert-OH is 1. The molecule has 23 heavy (non-hydrogen) atoms. The van der Waals surface area contributed by atoms with Crippen molar-refractivity contribution in [3.8, 4) is 0 Å². The normalized spacial score (nSPS) is 24.6. The number of alkyl halides is 3. The fourth-order valence-electron chi connectivity index (χ4n) is 3.41. The Labute approximate surface area is 133 Å². The highest BCUT2D eigenvalue weighted by Crippen LogP contribution is 2.51. The molecule has 2 fully saturated rings. The van der Waals surface area contributed by atoms with Gasteiger partial charge in [-0.15, -0.1) is 0 Å². The lowest BCUT2D eigenvalue weighted by Crippen LogP contribution is -2.38. The Bertz CT molecular complexity index is 608. The van der Waals surface area contributed by atoms with Crippen LogP contribution in [-0.4, -0.2) is 35.1 Å². The van der Waals surface area contributed by atoms with Crippen LogP contribution in [-0.2, 0) is 16.4 Å². The summed E-state index contributed by atoms with van der Waals surface area (Å²) in [5, 5.41) is 9.65. The van der Waals surface area contributed by atoms with E-state index in [1.807, 2.05) is 0 Å². The maximum Gasteiger partial charge on any atom is 0.416 e. The number of likely N-dealkylation sites (tertiary alicyclic amines) is 1. The summed E-state index contributed by atoms with van der Waals surface area (Å²) in [5.74, 6) is -0.0452. The molecule has 0 radical (unpaired) electrons. The second-order valence-electron chi connectivity index (χ2n) is 6.70. The SMILES string of the molecule is CC(O)C1CCN(C(=O)C2(c3cccc(C(F)(F)F)c3)CC2)C1. The van der Waals surface area contributed by atoms with Gasteiger partial charge >= 0.3 is 6.18 Å². The summed E-state index contributed by atoms with van der Waals surface area (Å²) in [4.78, 5) is 14.5. The van der Waals surface area contributed by atoms with Crippen molar-refractivity contribution in [2.24, 2.45) is 5.92 Å². The minimum absolute atomic E-state index is 0.0521. The standard InChI is InChI=1S/C17H20F3NO2/c1-11(22)12-5-8-21(10-12)15(23)16(6-7-16)13-3-2-4-14(9-13)17(18,19)20/h2-4,9,11-12,22H,5-8,10H2,1H3. The minimum Gasteiger partial charge on any atom is -0.393 e. The number of benzene rings is 1. The number of rotatable bonds is 3. The minimum atomic E-state index is -4.40. The van der Waals surface area contributed by atoms with Crippen LogP contribution >= 0.6 is 0 Å². The molecule has 2 aliphatic rings. The Morgan fingerprint density at radius 3 is 2.61 bits per heavy atom. The molecule has 3 nitrogen and oxygen atoms in total. The molecule has 1 N–H and O–H groups in total. The predicted molar refractivity (Wildman–Crippen MR) is 78.7 cm³/mol. The molecule has 1 amide bonds. The van der Waals surface area contributed by atoms with Crippen molar-refractivity contribution in [2.75, 3.05) is 13.1 Å². The number of carbonyl (C=O) groups is 1. The van der Waals surface area contributed by atoms with Gasteiger partial charge in [0.1, 0.15) is 0 Å². The van der Waals surface area contributed by atoms with Gasteiger partial charge in [-0.3, -0.25) is 4.79 Å². The number of hydrogen-bond acceptors (Lipinski definition) is 2. The Morgan fingerprint density at radius 1 is 1.39 bits per heavy atom. The number of aliphatic hydroxyl groups is 1. The smallest absolute Gasteiger partial charge is 0.393 e. The van der Waals surface area contributed by atoms with E-state index in [0.717, 1.165) is 18.6 Å². The lowest BCUT2D eigenvalue weighted by atomic mass is 9.92. The van der Waals surface area contributed by atoms with Crippen LogP contribution in [0.15, 0.2) is 24.3 Å². The monoisotopic (exact) mass is 327 g/mol. The Hall–Kier alpha value is -1.56. The van der Waals surface area contributed by atoms with Crippen molar-refractivity contribution in [2.45, 2.75) is 43.9 Å². The molecule has 2 atom stereocenters. The number of carbonyl (C=O) groups excluding carboxylic acids is 1. The summed E-state index contributed by atoms with van der Waals surface area (Å²) < 4.78 is 38.7. The molecule has 1 saturated carbocycles. The summed E-state index contributed by atoms with van der Waals surface area (Å²) in [6.07, 6.45) is -2.97. The summed E-state index contributed by atoms with van der Waals surface area (Å²) in [5.41, 5.74) is -1.05. The van der Waals surface area contributed by atoms with Crippen LogP contribution < -0.4 is 0 Å². The maximum atomic E-state index is 12.9. The Kier molecular flexibility index (Phi) is 3.91. The van der Waals surface area contributed by atoms with E-state index < -0.39 is 23.3 Å². The van der Waals surface area contributed by atoms with Crippen LogP contribution in [0.3, 0.4) is 0 Å². The first-order valence-corrected chi connectivity index (χ1v) is 7.89. The fraction of sp³-hybridized carbons (Fsp3) is 0.588. The lowest BCUT2D eigenvalue weighted by Gasteiger charge is -2.24. The van der Waals surface area contributed by atoms with Crippen LogP contribution in [0.4, 0.5) is 13.2 Å². The second kappa shape index (κ2) is 5.51. The molecule has 1 aliphatic heterocycles. The van der Waals surface area contributed by atoms with Gasteiger partial charge in [-0.25, -0.2) is 0 Å². The van der Waals surface area contributed by atoms with Crippen LogP contribution in [0.5, 0.6) is 0 Å². The molecule has 1 saturated heterocycles. The zero-order chi connectivity index (χ0) is 16.8. The maximum absolute atomic E-state index is 12.9. The van der Waals surface area contributed by atoms with Gasteiger partial charge in [0.05, 0.1) is 17.1 Å². The van der Waals surface area contributed by atoms with Crippen molar-refractivity contribution >= 4 is 5.91 Å². The van der Waals surface area contributed by atoms with Crippen LogP contribution in [0.2, 0.25) is 0 Å². The van der Waals surface area contributed by atoms with E-state index in [0.29, 0.717) is 31.5 Å². The van der Waals surface area contributed by atoms with Crippen LogP contribution in [0, 0.1) is 5.92 Å². The van der Waals surface area contributed by atoms with E-state index >= 15 is 0 Å². The zero-order valence-corrected chi connectivity index (χ0v) is 12.9. The summed E-state index contributed by atoms with van der Waals surface area (Å²) >= 11 is 0. The van der Waals surface area contributed by atoms with Gasteiger partial charge in [-0.2, -0.15) is 13.2 Å². The van der Waals surface area contributed by atoms with Gasteiger partial charge in [0, 0.05) is 19.0 Å². The third-order valence-corrected chi connectivity index (χ3v) is 5.10. The molecule has 126 valence electrons. The van der Waals surface area contributed by atoms with Gasteiger partial charge in [0.25, 0.3) is 0 Å². The van der Waals surface area contributed by atoms with E-state index in [1.54, 1.807) is 17.9 Å². The van der Waals surface area contributed by atoms with E-state index in [2.05, 4.69) is 0 Å². The van der Waals surface area contributed by atoms with Crippen molar-refractivity contribution < 1.29 is 23.1 Å². The molecular weight excluding hydrogens is 307 g/mol. The Morgan fingerprint density at radius 2 is 2.09 bits per heavy atom. The van der Waals surface area contributed by atoms with Crippen molar-refractivity contribution in [1.82, 2.24) is 4.90 Å². The summed E-state index contributed by atoms with van der Waals surface area (Å²) in [6, 6.07) is 5.12. The molecule has 6 heteroatoms. The van der Waals surface area contributed by atoms with Gasteiger partial charge in [-0.1, -0.05) is 18.2 Å². The third kappa shape index (κ3) is 2.96. The first kappa shape index (κ1) is 16.3. The molecular formula is C17H20F3NO2. The molecule has 1 aliphatic carbocycles. The van der Waals surface area contributed by atoms with Gasteiger partial charge in [-0.05, 0) is 37.8 Å². The molecule has 0 bridgehead atoms. The quantitative estimate of drug-likeness (QED) is 0.927. The van der Waals surface area contributed by atoms with Crippen LogP contribution in [0.1, 0.15) is 37.3 Å². The molecule has 1 aromatic rings. The number of nitrogens with zero attached hydrogens (tertiary/aromatic N) is 1. The molecule has 1 heterocycles. The molecule has 0 spiro atoms. The van der Waals surface area contributed by atoms with E-state index in [9.17, 15) is 23.1 Å². The molecule has 0 aromatic heterocycles. The largest absolute Gasteiger partial charge is 0.416 e. The van der Waals surface area contributed by atoms with E-state index in [4.69, 9.17) is 0 Å². The lowest BCUT2D eigenvalue weighted by molar-refractivity contribution is -0.138. The average Bonchev–Trinajstić information content (AvgIpc) is 3.15. The highest BCUT2D eigenvalue weighted by atomic mass is 19.4. The molecule has 3 rings (SSSR count). The van der Waals surface area contributed by atoms with Crippen molar-refractivity contribution in [3.63, 3.8) is 0 Å². The number of hydrogen-bond donors (Lipinski definition) is 1. The first-order chi connectivity index (χ1) is 10.7. The number of amides is 1. The van der Waals surface area contributed by atoms with E-state index in [1.165, 1.54) is 6.07 Å². The predicted octanol–water partition coefficient (Wildman–Crippen LogP) is 2.97. The second-order valence-corrected chi connectivity index (χ2v) is 6.70. The summed E-state index contributed by atoms with van der Waals surface area (Å²) in [6.45, 7) is 2.75. The number of halogens is 3. The Balaban J connectivity index is 1.81. The fourth-order valence-corrected chi connectivity index (χ4v) is 3.41. The van der Waals surface area contributed by atoms with E-state index in [-0.39, 0.29) is 11.8 Å². The van der Waals surface area contributed by atoms with Gasteiger partial charge < -0.3 is 10.0 Å². The summed E-state index contributed by atoms with van der Waals surface area (Å²) in [7, 11) is 0. The van der Waals surface area contributed by atoms with Crippen LogP contribution in [0.25, 0.3) is 0 Å². The van der Waals surface area contributed by atoms with Gasteiger partial charge in [0.15, 0.2) is 0 Å². The topological polar surface area (TPSA) is 40.5 Å². The highest BCUT2D eigenvalue weighted by Gasteiger charge is 2.54. The first-order valence-electron chi connectivity index (χ1n) is 7.89.